The van der Waals surface area contributed by atoms with Crippen molar-refractivity contribution in [3.8, 4) is 0 Å². The highest BCUT2D eigenvalue weighted by Crippen LogP contribution is 2.18. The Morgan fingerprint density at radius 3 is 2.19 bits per heavy atom. The van der Waals surface area contributed by atoms with E-state index in [1.165, 1.54) is 0 Å². The largest absolute Gasteiger partial charge is 0.350 e. The van der Waals surface area contributed by atoms with Crippen LogP contribution < -0.4 is 15.1 Å². The van der Waals surface area contributed by atoms with Crippen LogP contribution in [0.25, 0.3) is 0 Å². The maximum absolute atomic E-state index is 4.74. The van der Waals surface area contributed by atoms with Crippen molar-refractivity contribution < 1.29 is 0 Å². The maximum Gasteiger partial charge on any atom is 0.232 e. The summed E-state index contributed by atoms with van der Waals surface area (Å²) in [6.45, 7) is 24.1. The van der Waals surface area contributed by atoms with Gasteiger partial charge in [0.2, 0.25) is 17.8 Å². The first kappa shape index (κ1) is 22.9. The monoisotopic (exact) mass is 375 g/mol. The SMILES string of the molecule is C=C(C)CNc1nc(N2CCN(C)CC2)nc(N(CC)CC(=C)C)n1.CC. The van der Waals surface area contributed by atoms with Crippen LogP contribution in [-0.4, -0.2) is 72.7 Å². The fourth-order valence-electron chi connectivity index (χ4n) is 2.60. The quantitative estimate of drug-likeness (QED) is 0.701. The van der Waals surface area contributed by atoms with Crippen molar-refractivity contribution in [2.45, 2.75) is 34.6 Å². The van der Waals surface area contributed by atoms with Gasteiger partial charge in [0, 0.05) is 45.8 Å². The summed E-state index contributed by atoms with van der Waals surface area (Å²) >= 11 is 0. The minimum Gasteiger partial charge on any atom is -0.350 e. The molecule has 0 saturated carbocycles. The van der Waals surface area contributed by atoms with Gasteiger partial charge in [-0.25, -0.2) is 0 Å². The summed E-state index contributed by atoms with van der Waals surface area (Å²) in [4.78, 5) is 20.7. The molecule has 7 heteroatoms. The normalized spacial score (nSPS) is 14.2. The van der Waals surface area contributed by atoms with Crippen LogP contribution in [0.4, 0.5) is 17.8 Å². The third-order valence-electron chi connectivity index (χ3n) is 4.07. The van der Waals surface area contributed by atoms with E-state index in [0.29, 0.717) is 18.4 Å². The summed E-state index contributed by atoms with van der Waals surface area (Å²) in [5.41, 5.74) is 2.12. The molecule has 0 aromatic carbocycles. The minimum absolute atomic E-state index is 0.599. The predicted octanol–water partition coefficient (Wildman–Crippen LogP) is 3.04. The van der Waals surface area contributed by atoms with E-state index >= 15 is 0 Å². The first-order valence-electron chi connectivity index (χ1n) is 9.86. The number of piperazine rings is 1. The first-order chi connectivity index (χ1) is 12.9. The van der Waals surface area contributed by atoms with Crippen molar-refractivity contribution in [1.82, 2.24) is 19.9 Å². The van der Waals surface area contributed by atoms with E-state index in [0.717, 1.165) is 56.4 Å². The van der Waals surface area contributed by atoms with Crippen LogP contribution in [0.3, 0.4) is 0 Å². The molecule has 0 spiro atoms. The van der Waals surface area contributed by atoms with E-state index in [1.54, 1.807) is 0 Å². The number of hydrogen-bond donors (Lipinski definition) is 1. The molecule has 1 fully saturated rings. The molecule has 152 valence electrons. The van der Waals surface area contributed by atoms with Crippen LogP contribution in [0.1, 0.15) is 34.6 Å². The Morgan fingerprint density at radius 2 is 1.67 bits per heavy atom. The van der Waals surface area contributed by atoms with Crippen molar-refractivity contribution in [2.75, 3.05) is 68.0 Å². The van der Waals surface area contributed by atoms with Gasteiger partial charge in [0.1, 0.15) is 0 Å². The van der Waals surface area contributed by atoms with Crippen LogP contribution in [0.5, 0.6) is 0 Å². The zero-order valence-corrected chi connectivity index (χ0v) is 18.0. The van der Waals surface area contributed by atoms with Crippen LogP contribution in [-0.2, 0) is 0 Å². The van der Waals surface area contributed by atoms with Crippen LogP contribution in [0.15, 0.2) is 24.3 Å². The van der Waals surface area contributed by atoms with E-state index in [-0.39, 0.29) is 0 Å². The Labute approximate surface area is 165 Å². The predicted molar refractivity (Wildman–Crippen MR) is 117 cm³/mol. The summed E-state index contributed by atoms with van der Waals surface area (Å²) in [7, 11) is 2.14. The Balaban J connectivity index is 0.00000176. The second kappa shape index (κ2) is 11.5. The Morgan fingerprint density at radius 1 is 1.04 bits per heavy atom. The second-order valence-electron chi connectivity index (χ2n) is 6.83. The minimum atomic E-state index is 0.599. The molecule has 0 bridgehead atoms. The first-order valence-corrected chi connectivity index (χ1v) is 9.86. The smallest absolute Gasteiger partial charge is 0.232 e. The van der Waals surface area contributed by atoms with Gasteiger partial charge in [-0.05, 0) is 27.8 Å². The molecule has 1 aromatic heterocycles. The lowest BCUT2D eigenvalue weighted by atomic mass is 10.3. The highest BCUT2D eigenvalue weighted by molar-refractivity contribution is 5.46. The third-order valence-corrected chi connectivity index (χ3v) is 4.07. The molecule has 27 heavy (non-hydrogen) atoms. The third kappa shape index (κ3) is 7.54. The fourth-order valence-corrected chi connectivity index (χ4v) is 2.60. The van der Waals surface area contributed by atoms with Gasteiger partial charge in [-0.15, -0.1) is 0 Å². The molecular weight excluding hydrogens is 338 g/mol. The standard InChI is InChI=1S/C18H31N7.C2H6/c1-7-24(13-15(4)5)17-20-16(19-12-14(2)3)21-18(22-17)25-10-8-23(6)9-11-25;1-2/h2,4,7-13H2,1,3,5-6H3,(H,19,20,21,22);1-2H3. The van der Waals surface area contributed by atoms with Crippen molar-refractivity contribution in [3.05, 3.63) is 24.3 Å². The summed E-state index contributed by atoms with van der Waals surface area (Å²) in [5, 5.41) is 3.26. The average molecular weight is 376 g/mol. The van der Waals surface area contributed by atoms with E-state index in [2.05, 4.69) is 57.1 Å². The molecule has 1 saturated heterocycles. The van der Waals surface area contributed by atoms with Gasteiger partial charge < -0.3 is 20.0 Å². The molecule has 1 N–H and O–H groups in total. The molecule has 0 atom stereocenters. The summed E-state index contributed by atoms with van der Waals surface area (Å²) in [5.74, 6) is 2.03. The van der Waals surface area contributed by atoms with Crippen LogP contribution in [0, 0.1) is 0 Å². The van der Waals surface area contributed by atoms with Crippen LogP contribution >= 0.6 is 0 Å². The molecule has 7 nitrogen and oxygen atoms in total. The van der Waals surface area contributed by atoms with E-state index in [1.807, 2.05) is 27.7 Å². The molecule has 0 unspecified atom stereocenters. The molecule has 0 aliphatic carbocycles. The molecule has 0 radical (unpaired) electrons. The van der Waals surface area contributed by atoms with Crippen molar-refractivity contribution >= 4 is 17.8 Å². The van der Waals surface area contributed by atoms with E-state index in [4.69, 9.17) is 4.98 Å². The van der Waals surface area contributed by atoms with Gasteiger partial charge in [-0.3, -0.25) is 0 Å². The maximum atomic E-state index is 4.74. The van der Waals surface area contributed by atoms with Gasteiger partial charge >= 0.3 is 0 Å². The molecule has 0 amide bonds. The van der Waals surface area contributed by atoms with E-state index < -0.39 is 0 Å². The molecule has 1 aliphatic heterocycles. The Hall–Kier alpha value is -2.15. The lowest BCUT2D eigenvalue weighted by Crippen LogP contribution is -2.45. The zero-order valence-electron chi connectivity index (χ0n) is 18.0. The summed E-state index contributed by atoms with van der Waals surface area (Å²) < 4.78 is 0. The van der Waals surface area contributed by atoms with Gasteiger partial charge in [0.15, 0.2) is 0 Å². The van der Waals surface area contributed by atoms with Gasteiger partial charge in [0.25, 0.3) is 0 Å². The Bertz CT molecular complexity index is 606. The molecular formula is C20H37N7. The Kier molecular flexibility index (Phi) is 9.78. The van der Waals surface area contributed by atoms with Crippen LogP contribution in [0.2, 0.25) is 0 Å². The molecule has 1 aromatic rings. The zero-order chi connectivity index (χ0) is 20.4. The van der Waals surface area contributed by atoms with E-state index in [9.17, 15) is 0 Å². The number of nitrogens with one attached hydrogen (secondary N) is 1. The molecule has 2 rings (SSSR count). The van der Waals surface area contributed by atoms with Gasteiger partial charge in [-0.2, -0.15) is 15.0 Å². The number of anilines is 3. The van der Waals surface area contributed by atoms with Crippen molar-refractivity contribution in [1.29, 1.82) is 0 Å². The highest BCUT2D eigenvalue weighted by atomic mass is 15.4. The fraction of sp³-hybridized carbons (Fsp3) is 0.650. The average Bonchev–Trinajstić information content (AvgIpc) is 2.66. The number of hydrogen-bond acceptors (Lipinski definition) is 7. The highest BCUT2D eigenvalue weighted by Gasteiger charge is 2.20. The number of likely N-dealkylation sites (N-methyl/N-ethyl adjacent to an activating group) is 2. The second-order valence-corrected chi connectivity index (χ2v) is 6.83. The van der Waals surface area contributed by atoms with Crippen molar-refractivity contribution in [3.63, 3.8) is 0 Å². The topological polar surface area (TPSA) is 60.4 Å². The molecule has 1 aliphatic rings. The van der Waals surface area contributed by atoms with Crippen molar-refractivity contribution in [2.24, 2.45) is 0 Å². The number of rotatable bonds is 8. The lowest BCUT2D eigenvalue weighted by Gasteiger charge is -2.33. The number of nitrogens with zero attached hydrogens (tertiary/aromatic N) is 6. The van der Waals surface area contributed by atoms with Gasteiger partial charge in [-0.1, -0.05) is 38.2 Å². The van der Waals surface area contributed by atoms with Gasteiger partial charge in [0.05, 0.1) is 0 Å². The lowest BCUT2D eigenvalue weighted by molar-refractivity contribution is 0.311. The summed E-state index contributed by atoms with van der Waals surface area (Å²) in [6.07, 6.45) is 0. The number of aromatic nitrogens is 3. The summed E-state index contributed by atoms with van der Waals surface area (Å²) in [6, 6.07) is 0. The molecule has 2 heterocycles.